The van der Waals surface area contributed by atoms with E-state index in [1.54, 1.807) is 21.7 Å². The second kappa shape index (κ2) is 11.6. The van der Waals surface area contributed by atoms with Gasteiger partial charge in [0.1, 0.15) is 6.54 Å². The van der Waals surface area contributed by atoms with Crippen LogP contribution in [-0.4, -0.2) is 44.6 Å². The third-order valence-electron chi connectivity index (χ3n) is 7.35. The molecule has 2 amide bonds. The molecule has 4 aromatic rings. The van der Waals surface area contributed by atoms with Gasteiger partial charge < -0.3 is 10.2 Å². The summed E-state index contributed by atoms with van der Waals surface area (Å²) in [7, 11) is 0. The molecular weight excluding hydrogens is 531 g/mol. The Hall–Kier alpha value is -4.47. The molecular formula is C31H30F3N5O2. The highest BCUT2D eigenvalue weighted by atomic mass is 19.4. The Kier molecular flexibility index (Phi) is 7.92. The van der Waals surface area contributed by atoms with Crippen LogP contribution in [0.2, 0.25) is 0 Å². The molecule has 7 nitrogen and oxygen atoms in total. The number of amides is 2. The highest BCUT2D eigenvalue weighted by molar-refractivity contribution is 6.00. The number of piperidine rings is 1. The first-order valence-electron chi connectivity index (χ1n) is 13.4. The molecule has 1 N–H and O–H groups in total. The lowest BCUT2D eigenvalue weighted by atomic mass is 9.89. The van der Waals surface area contributed by atoms with E-state index < -0.39 is 11.7 Å². The first-order valence-corrected chi connectivity index (χ1v) is 13.4. The number of rotatable bonds is 6. The number of benzene rings is 2. The number of alkyl halides is 3. The second-order valence-corrected chi connectivity index (χ2v) is 10.3. The molecule has 10 heteroatoms. The minimum absolute atomic E-state index is 0.139. The lowest BCUT2D eigenvalue weighted by molar-refractivity contribution is -0.137. The molecule has 1 fully saturated rings. The van der Waals surface area contributed by atoms with Gasteiger partial charge in [-0.05, 0) is 80.6 Å². The summed E-state index contributed by atoms with van der Waals surface area (Å²) in [6.45, 7) is 4.97. The Balaban J connectivity index is 1.20. The van der Waals surface area contributed by atoms with Crippen molar-refractivity contribution in [2.24, 2.45) is 0 Å². The van der Waals surface area contributed by atoms with E-state index in [4.69, 9.17) is 0 Å². The number of pyridine rings is 1. The average Bonchev–Trinajstić information content (AvgIpc) is 3.28. The summed E-state index contributed by atoms with van der Waals surface area (Å²) in [6, 6.07) is 17.8. The van der Waals surface area contributed by atoms with Crippen LogP contribution in [0.3, 0.4) is 0 Å². The van der Waals surface area contributed by atoms with Gasteiger partial charge in [0.15, 0.2) is 0 Å². The largest absolute Gasteiger partial charge is 0.416 e. The van der Waals surface area contributed by atoms with Crippen molar-refractivity contribution < 1.29 is 22.8 Å². The fourth-order valence-electron chi connectivity index (χ4n) is 5.25. The summed E-state index contributed by atoms with van der Waals surface area (Å²) in [5.41, 5.74) is 3.60. The molecule has 1 aliphatic rings. The summed E-state index contributed by atoms with van der Waals surface area (Å²) in [6.07, 6.45) is -1.52. The van der Waals surface area contributed by atoms with E-state index >= 15 is 0 Å². The fraction of sp³-hybridized carbons (Fsp3) is 0.290. The molecule has 1 aliphatic heterocycles. The number of nitrogens with zero attached hydrogens (tertiary/aromatic N) is 4. The Morgan fingerprint density at radius 1 is 0.976 bits per heavy atom. The number of aromatic nitrogens is 3. The van der Waals surface area contributed by atoms with Crippen molar-refractivity contribution in [2.75, 3.05) is 18.4 Å². The van der Waals surface area contributed by atoms with Gasteiger partial charge in [0.05, 0.1) is 22.5 Å². The van der Waals surface area contributed by atoms with Gasteiger partial charge in [-0.25, -0.2) is 0 Å². The van der Waals surface area contributed by atoms with E-state index in [1.807, 2.05) is 44.2 Å². The van der Waals surface area contributed by atoms with Crippen LogP contribution in [0.1, 0.15) is 51.6 Å². The molecule has 0 aliphatic carbocycles. The van der Waals surface area contributed by atoms with Crippen LogP contribution in [-0.2, 0) is 17.5 Å². The topological polar surface area (TPSA) is 80.1 Å². The molecule has 0 bridgehead atoms. The monoisotopic (exact) mass is 561 g/mol. The van der Waals surface area contributed by atoms with Crippen molar-refractivity contribution in [3.05, 3.63) is 101 Å². The molecule has 2 aromatic carbocycles. The maximum atomic E-state index is 13.4. The molecule has 0 spiro atoms. The van der Waals surface area contributed by atoms with E-state index in [-0.39, 0.29) is 41.1 Å². The van der Waals surface area contributed by atoms with Crippen molar-refractivity contribution in [1.29, 1.82) is 0 Å². The summed E-state index contributed by atoms with van der Waals surface area (Å²) < 4.78 is 41.5. The second-order valence-electron chi connectivity index (χ2n) is 10.3. The van der Waals surface area contributed by atoms with Gasteiger partial charge in [-0.1, -0.05) is 24.3 Å². The van der Waals surface area contributed by atoms with Crippen molar-refractivity contribution in [2.45, 2.75) is 45.3 Å². The van der Waals surface area contributed by atoms with Gasteiger partial charge >= 0.3 is 6.18 Å². The zero-order valence-electron chi connectivity index (χ0n) is 22.8. The molecule has 0 saturated carbocycles. The maximum Gasteiger partial charge on any atom is 0.416 e. The molecule has 5 rings (SSSR count). The molecule has 0 atom stereocenters. The van der Waals surface area contributed by atoms with Crippen LogP contribution < -0.4 is 5.32 Å². The van der Waals surface area contributed by atoms with Crippen LogP contribution in [0.25, 0.3) is 11.3 Å². The summed E-state index contributed by atoms with van der Waals surface area (Å²) in [5.74, 6) is -0.157. The first-order chi connectivity index (χ1) is 19.6. The van der Waals surface area contributed by atoms with Crippen LogP contribution in [0.15, 0.2) is 72.9 Å². The normalized spacial score (nSPS) is 14.2. The van der Waals surface area contributed by atoms with Gasteiger partial charge in [0.25, 0.3) is 5.91 Å². The summed E-state index contributed by atoms with van der Waals surface area (Å²) in [5, 5.41) is 7.23. The standard InChI is InChI=1S/C31H30F3N5O2/c1-20-17-21(2)39(37-20)19-28(40)36-26-10-8-22(9-11-26)23-12-15-38(16-13-23)30(41)27-7-4-14-35-29(27)24-5-3-6-25(18-24)31(32,33)34/h3-11,14,17-18,23H,12-13,15-16,19H2,1-2H3,(H,36,40). The SMILES string of the molecule is Cc1cc(C)n(CC(=O)Nc2ccc(C3CCN(C(=O)c4cccnc4-c4cccc(C(F)(F)F)c4)CC3)cc2)n1. The number of hydrogen-bond donors (Lipinski definition) is 1. The lowest BCUT2D eigenvalue weighted by Gasteiger charge is -2.32. The van der Waals surface area contributed by atoms with E-state index in [0.717, 1.165) is 41.9 Å². The molecule has 3 heterocycles. The van der Waals surface area contributed by atoms with Crippen molar-refractivity contribution in [3.8, 4) is 11.3 Å². The number of carbonyl (C=O) groups excluding carboxylic acids is 2. The smallest absolute Gasteiger partial charge is 0.339 e. The Morgan fingerprint density at radius 3 is 2.37 bits per heavy atom. The molecule has 1 saturated heterocycles. The van der Waals surface area contributed by atoms with Gasteiger partial charge in [0, 0.05) is 36.2 Å². The zero-order valence-corrected chi connectivity index (χ0v) is 22.8. The highest BCUT2D eigenvalue weighted by Gasteiger charge is 2.31. The quantitative estimate of drug-likeness (QED) is 0.302. The van der Waals surface area contributed by atoms with E-state index in [0.29, 0.717) is 18.8 Å². The molecule has 0 unspecified atom stereocenters. The molecule has 212 valence electrons. The number of halogens is 3. The third-order valence-corrected chi connectivity index (χ3v) is 7.35. The maximum absolute atomic E-state index is 13.4. The Labute approximate surface area is 236 Å². The van der Waals surface area contributed by atoms with Gasteiger partial charge in [0.2, 0.25) is 5.91 Å². The number of aryl methyl sites for hydroxylation is 2. The minimum atomic E-state index is -4.49. The van der Waals surface area contributed by atoms with Gasteiger partial charge in [-0.2, -0.15) is 18.3 Å². The fourth-order valence-corrected chi connectivity index (χ4v) is 5.25. The highest BCUT2D eigenvalue weighted by Crippen LogP contribution is 2.34. The van der Waals surface area contributed by atoms with Crippen LogP contribution in [0.5, 0.6) is 0 Å². The Morgan fingerprint density at radius 2 is 1.71 bits per heavy atom. The predicted molar refractivity (Wildman–Crippen MR) is 149 cm³/mol. The number of anilines is 1. The molecule has 0 radical (unpaired) electrons. The van der Waals surface area contributed by atoms with Crippen molar-refractivity contribution in [3.63, 3.8) is 0 Å². The number of carbonyl (C=O) groups is 2. The third kappa shape index (κ3) is 6.48. The zero-order chi connectivity index (χ0) is 29.1. The van der Waals surface area contributed by atoms with Crippen LogP contribution in [0.4, 0.5) is 18.9 Å². The van der Waals surface area contributed by atoms with Crippen LogP contribution in [0, 0.1) is 13.8 Å². The molecule has 41 heavy (non-hydrogen) atoms. The van der Waals surface area contributed by atoms with Gasteiger partial charge in [-0.3, -0.25) is 19.3 Å². The first kappa shape index (κ1) is 28.1. The van der Waals surface area contributed by atoms with E-state index in [9.17, 15) is 22.8 Å². The van der Waals surface area contributed by atoms with Crippen molar-refractivity contribution in [1.82, 2.24) is 19.7 Å². The van der Waals surface area contributed by atoms with Crippen molar-refractivity contribution >= 4 is 17.5 Å². The Bertz CT molecular complexity index is 1550. The number of nitrogens with one attached hydrogen (secondary N) is 1. The summed E-state index contributed by atoms with van der Waals surface area (Å²) in [4.78, 5) is 31.9. The predicted octanol–water partition coefficient (Wildman–Crippen LogP) is 6.24. The number of likely N-dealkylation sites (tertiary alicyclic amines) is 1. The van der Waals surface area contributed by atoms with Gasteiger partial charge in [-0.15, -0.1) is 0 Å². The van der Waals surface area contributed by atoms with Crippen LogP contribution >= 0.6 is 0 Å². The number of hydrogen-bond acceptors (Lipinski definition) is 4. The minimum Gasteiger partial charge on any atom is -0.339 e. The summed E-state index contributed by atoms with van der Waals surface area (Å²) >= 11 is 0. The van der Waals surface area contributed by atoms with E-state index in [2.05, 4.69) is 15.4 Å². The molecule has 2 aromatic heterocycles. The lowest BCUT2D eigenvalue weighted by Crippen LogP contribution is -2.38. The average molecular weight is 562 g/mol. The van der Waals surface area contributed by atoms with E-state index in [1.165, 1.54) is 18.3 Å².